The van der Waals surface area contributed by atoms with E-state index in [1.165, 1.54) is 76.0 Å². The molecular weight excluding hydrogens is 1370 g/mol. The zero-order valence-electron chi connectivity index (χ0n) is 60.7. The summed E-state index contributed by atoms with van der Waals surface area (Å²) in [4.78, 5) is 188. The van der Waals surface area contributed by atoms with Crippen molar-refractivity contribution in [3.8, 4) is 0 Å². The summed E-state index contributed by atoms with van der Waals surface area (Å²) in [6.07, 6.45) is 6.83. The van der Waals surface area contributed by atoms with Crippen LogP contribution in [0.5, 0.6) is 0 Å². The molecule has 0 aromatic heterocycles. The highest BCUT2D eigenvalue weighted by Crippen LogP contribution is 2.29. The highest BCUT2D eigenvalue weighted by molar-refractivity contribution is 14.1. The lowest BCUT2D eigenvalue weighted by Crippen LogP contribution is -2.61. The van der Waals surface area contributed by atoms with E-state index in [-0.39, 0.29) is 56.5 Å². The Bertz CT molecular complexity index is 3080. The van der Waals surface area contributed by atoms with Crippen LogP contribution >= 0.6 is 22.6 Å². The van der Waals surface area contributed by atoms with Crippen LogP contribution < -0.4 is 21.3 Å². The highest BCUT2D eigenvalue weighted by atomic mass is 127. The van der Waals surface area contributed by atoms with Crippen LogP contribution in [0.25, 0.3) is 0 Å². The van der Waals surface area contributed by atoms with Gasteiger partial charge in [0.2, 0.25) is 70.9 Å². The topological polar surface area (TPSA) is 288 Å². The molecular formula is C72H111IN12O13. The van der Waals surface area contributed by atoms with Gasteiger partial charge in [0.25, 0.3) is 0 Å². The van der Waals surface area contributed by atoms with Gasteiger partial charge < -0.3 is 65.2 Å². The molecule has 9 atom stereocenters. The van der Waals surface area contributed by atoms with Crippen molar-refractivity contribution in [3.05, 3.63) is 68.8 Å². The number of rotatable bonds is 15. The van der Waals surface area contributed by atoms with Gasteiger partial charge in [-0.1, -0.05) is 122 Å². The predicted octanol–water partition coefficient (Wildman–Crippen LogP) is 4.18. The third-order valence-corrected chi connectivity index (χ3v) is 20.1. The molecule has 25 nitrogen and oxygen atoms in total. The first kappa shape index (κ1) is 81.4. The lowest BCUT2D eigenvalue weighted by molar-refractivity contribution is -0.151. The van der Waals surface area contributed by atoms with Gasteiger partial charge in [-0.3, -0.25) is 57.5 Å². The number of nitrogens with zero attached hydrogens (tertiary/aromatic N) is 8. The standard InChI is InChI=1S/C72H111IN12O13/c1-16-48(7)64-72(97)80(10)42-62(88)78(8)43-63(89)82(12)57(39-50-30-28-47(6)29-31-50)70(95)79(9)41-60(86)74-53(38-51-26-23-27-52(73)36-51)65(90)75-55(37-49-24-19-17-20-25-49)69(94)84(14)59(44-98-15)67(92)76-54(34-45(2)3)68(93)83(13)58(71(96)85-32-21-18-22-33-85)40-61(87)81(11)56(35-46(4)5)66(91)77-64/h23,26-31,36,45-46,48-49,53-59,64H,16-22,24-25,32-35,37-44H2,1-15H3,(H,74,86)(H,75,90)(H,76,92)(H,77,91)/t48-,53-,54-,55-,56-,57-,58-,59-,64-/m0/s1. The molecule has 2 heterocycles. The molecule has 544 valence electrons. The van der Waals surface area contributed by atoms with Gasteiger partial charge in [0, 0.05) is 85.9 Å². The van der Waals surface area contributed by atoms with Crippen LogP contribution in [0.2, 0.25) is 0 Å². The van der Waals surface area contributed by atoms with E-state index in [0.717, 1.165) is 62.4 Å². The second-order valence-corrected chi connectivity index (χ2v) is 29.5. The zero-order valence-corrected chi connectivity index (χ0v) is 62.8. The number of hydrogen-bond donors (Lipinski definition) is 4. The van der Waals surface area contributed by atoms with Crippen LogP contribution in [0.3, 0.4) is 0 Å². The maximum absolute atomic E-state index is 15.3. The molecule has 1 aliphatic carbocycles. The third-order valence-electron chi connectivity index (χ3n) is 19.4. The van der Waals surface area contributed by atoms with Crippen LogP contribution in [0, 0.1) is 34.2 Å². The SMILES string of the molecule is CC[C@H](C)[C@@H]1NC(=O)[C@H](CC(C)C)N(C)C(=O)C[C@@H](C(=O)N2CCCCC2)N(C)C(=O)[C@H](CC(C)C)NC(=O)[C@H](COC)N(C)C(=O)[C@H](CC2CCCCC2)NC(=O)[C@H](Cc2cccc(I)c2)NC(=O)CN(C)C(=O)[C@H](Cc2ccc(C)cc2)N(C)C(=O)CN(C)C(=O)CN(C)C1=O. The molecule has 26 heteroatoms. The van der Waals surface area contributed by atoms with E-state index in [9.17, 15) is 38.4 Å². The number of benzene rings is 2. The highest BCUT2D eigenvalue weighted by Gasteiger charge is 2.43. The van der Waals surface area contributed by atoms with Gasteiger partial charge in [-0.25, -0.2) is 0 Å². The Balaban J connectivity index is 1.64. The summed E-state index contributed by atoms with van der Waals surface area (Å²) in [7, 11) is 11.2. The Hall–Kier alpha value is -7.23. The summed E-state index contributed by atoms with van der Waals surface area (Å²) in [5.74, 6) is -8.79. The smallest absolute Gasteiger partial charge is 0.245 e. The molecule has 0 bridgehead atoms. The molecule has 2 aromatic rings. The fraction of sp³-hybridized carbons (Fsp3) is 0.667. The summed E-state index contributed by atoms with van der Waals surface area (Å²) in [5, 5.41) is 11.6. The number of aryl methyl sites for hydroxylation is 1. The van der Waals surface area contributed by atoms with E-state index in [1.807, 2.05) is 84.0 Å². The average molecular weight is 1480 g/mol. The molecule has 1 saturated carbocycles. The van der Waals surface area contributed by atoms with Crippen molar-refractivity contribution in [1.82, 2.24) is 60.5 Å². The number of carbonyl (C=O) groups excluding carboxylic acids is 12. The first-order valence-corrected chi connectivity index (χ1v) is 35.9. The molecule has 3 fully saturated rings. The first-order valence-electron chi connectivity index (χ1n) is 34.8. The Morgan fingerprint density at radius 3 is 1.72 bits per heavy atom. The van der Waals surface area contributed by atoms with Gasteiger partial charge in [-0.2, -0.15) is 0 Å². The van der Waals surface area contributed by atoms with Crippen LogP contribution in [0.15, 0.2) is 48.5 Å². The van der Waals surface area contributed by atoms with E-state index in [0.29, 0.717) is 43.5 Å². The summed E-state index contributed by atoms with van der Waals surface area (Å²) in [5.41, 5.74) is 2.32. The van der Waals surface area contributed by atoms with Crippen molar-refractivity contribution in [2.45, 2.75) is 193 Å². The summed E-state index contributed by atoms with van der Waals surface area (Å²) < 4.78 is 6.47. The molecule has 3 aliphatic rings. The van der Waals surface area contributed by atoms with Crippen LogP contribution in [0.4, 0.5) is 0 Å². The van der Waals surface area contributed by atoms with Crippen LogP contribution in [0.1, 0.15) is 142 Å². The van der Waals surface area contributed by atoms with Gasteiger partial charge in [-0.15, -0.1) is 0 Å². The predicted molar refractivity (Wildman–Crippen MR) is 381 cm³/mol. The zero-order chi connectivity index (χ0) is 72.8. The lowest BCUT2D eigenvalue weighted by atomic mass is 9.84. The quantitative estimate of drug-likeness (QED) is 0.182. The minimum absolute atomic E-state index is 0.00229. The van der Waals surface area contributed by atoms with Gasteiger partial charge in [0.15, 0.2) is 0 Å². The molecule has 0 radical (unpaired) electrons. The third kappa shape index (κ3) is 23.7. The van der Waals surface area contributed by atoms with E-state index in [4.69, 9.17) is 4.74 Å². The minimum atomic E-state index is -1.41. The fourth-order valence-corrected chi connectivity index (χ4v) is 13.6. The largest absolute Gasteiger partial charge is 0.382 e. The van der Waals surface area contributed by atoms with Crippen LogP contribution in [-0.4, -0.2) is 254 Å². The van der Waals surface area contributed by atoms with Crippen molar-refractivity contribution in [2.24, 2.45) is 23.7 Å². The van der Waals surface area contributed by atoms with Crippen molar-refractivity contribution < 1.29 is 62.3 Å². The molecule has 2 aromatic carbocycles. The Morgan fingerprint density at radius 2 is 1.12 bits per heavy atom. The molecule has 2 aliphatic heterocycles. The second kappa shape index (κ2) is 38.9. The number of likely N-dealkylation sites (tertiary alicyclic amines) is 1. The van der Waals surface area contributed by atoms with Gasteiger partial charge in [0.1, 0.15) is 48.3 Å². The van der Waals surface area contributed by atoms with Gasteiger partial charge >= 0.3 is 0 Å². The number of methoxy groups -OCH3 is 1. The monoisotopic (exact) mass is 1480 g/mol. The molecule has 98 heavy (non-hydrogen) atoms. The maximum atomic E-state index is 15.3. The Kier molecular flexibility index (Phi) is 32.4. The van der Waals surface area contributed by atoms with Crippen LogP contribution in [-0.2, 0) is 75.1 Å². The number of carbonyl (C=O) groups is 12. The van der Waals surface area contributed by atoms with Gasteiger partial charge in [-0.05, 0) is 115 Å². The Labute approximate surface area is 594 Å². The number of halogens is 1. The first-order chi connectivity index (χ1) is 46.3. The summed E-state index contributed by atoms with van der Waals surface area (Å²) in [6, 6.07) is 4.49. The number of piperidine rings is 1. The molecule has 5 rings (SSSR count). The summed E-state index contributed by atoms with van der Waals surface area (Å²) >= 11 is 2.15. The fourth-order valence-electron chi connectivity index (χ4n) is 13.0. The number of ether oxygens (including phenoxy) is 1. The second-order valence-electron chi connectivity index (χ2n) is 28.3. The van der Waals surface area contributed by atoms with Crippen molar-refractivity contribution in [3.63, 3.8) is 0 Å². The number of likely N-dealkylation sites (N-methyl/N-ethyl adjacent to an activating group) is 7. The minimum Gasteiger partial charge on any atom is -0.382 e. The van der Waals surface area contributed by atoms with Crippen molar-refractivity contribution in [1.29, 1.82) is 0 Å². The van der Waals surface area contributed by atoms with Crippen molar-refractivity contribution >= 4 is 93.5 Å². The maximum Gasteiger partial charge on any atom is 0.245 e. The molecule has 0 spiro atoms. The average Bonchev–Trinajstić information content (AvgIpc) is 0.828. The molecule has 2 saturated heterocycles. The number of amides is 12. The number of hydrogen-bond acceptors (Lipinski definition) is 13. The summed E-state index contributed by atoms with van der Waals surface area (Å²) in [6.45, 7) is 11.8. The number of nitrogens with one attached hydrogen (secondary N) is 4. The van der Waals surface area contributed by atoms with Crippen molar-refractivity contribution in [2.75, 3.05) is 95.8 Å². The molecule has 0 unspecified atom stereocenters. The normalized spacial score (nSPS) is 24.8. The lowest BCUT2D eigenvalue weighted by Gasteiger charge is -2.38. The molecule has 4 N–H and O–H groups in total. The van der Waals surface area contributed by atoms with Gasteiger partial charge in [0.05, 0.1) is 32.7 Å². The Morgan fingerprint density at radius 1 is 0.551 bits per heavy atom. The van der Waals surface area contributed by atoms with E-state index < -0.39 is 151 Å². The van der Waals surface area contributed by atoms with E-state index in [2.05, 4.69) is 43.9 Å². The molecule has 12 amide bonds. The van der Waals surface area contributed by atoms with E-state index in [1.54, 1.807) is 17.9 Å². The van der Waals surface area contributed by atoms with E-state index >= 15 is 19.2 Å².